The van der Waals surface area contributed by atoms with Gasteiger partial charge < -0.3 is 4.74 Å². The maximum Gasteiger partial charge on any atom is 0.245 e. The lowest BCUT2D eigenvalue weighted by atomic mass is 9.89. The second-order valence-corrected chi connectivity index (χ2v) is 9.50. The maximum atomic E-state index is 12.9. The van der Waals surface area contributed by atoms with Crippen LogP contribution in [0.15, 0.2) is 59.5 Å². The number of hydrogen-bond donors (Lipinski definition) is 3. The Kier molecular flexibility index (Phi) is 6.61. The zero-order valence-electron chi connectivity index (χ0n) is 15.1. The summed E-state index contributed by atoms with van der Waals surface area (Å²) in [4.78, 5) is 11.8. The molecule has 1 heterocycles. The Morgan fingerprint density at radius 3 is 2.25 bits per heavy atom. The van der Waals surface area contributed by atoms with Crippen molar-refractivity contribution in [3.63, 3.8) is 0 Å². The molecule has 1 amide bonds. The number of amides is 1. The van der Waals surface area contributed by atoms with E-state index in [-0.39, 0.29) is 11.3 Å². The number of carbonyl (C=O) groups excluding carboxylic acids is 1. The van der Waals surface area contributed by atoms with Crippen LogP contribution in [0.4, 0.5) is 0 Å². The monoisotopic (exact) mass is 422 g/mol. The van der Waals surface area contributed by atoms with Crippen molar-refractivity contribution in [2.24, 2.45) is 0 Å². The minimum atomic E-state index is -3.84. The first kappa shape index (κ1) is 20.7. The largest absolute Gasteiger partial charge is 0.457 e. The minimum absolute atomic E-state index is 0.0925. The first-order chi connectivity index (χ1) is 13.4. The van der Waals surface area contributed by atoms with Crippen molar-refractivity contribution in [1.29, 1.82) is 0 Å². The van der Waals surface area contributed by atoms with Gasteiger partial charge in [0.15, 0.2) is 0 Å². The van der Waals surface area contributed by atoms with E-state index >= 15 is 0 Å². The smallest absolute Gasteiger partial charge is 0.245 e. The molecule has 2 aromatic carbocycles. The number of hydroxylamine groups is 1. The quantitative estimate of drug-likeness (QED) is 0.468. The van der Waals surface area contributed by atoms with Crippen molar-refractivity contribution < 1.29 is 23.2 Å². The van der Waals surface area contributed by atoms with Crippen LogP contribution in [0.2, 0.25) is 0 Å². The molecule has 1 aliphatic rings. The van der Waals surface area contributed by atoms with E-state index in [4.69, 9.17) is 9.94 Å². The number of carbonyl (C=O) groups is 1. The van der Waals surface area contributed by atoms with Gasteiger partial charge >= 0.3 is 0 Å². The van der Waals surface area contributed by atoms with E-state index < -0.39 is 21.5 Å². The molecule has 0 spiro atoms. The Morgan fingerprint density at radius 2 is 1.64 bits per heavy atom. The number of ether oxygens (including phenoxy) is 1. The summed E-state index contributed by atoms with van der Waals surface area (Å²) >= 11 is 1.71. The fourth-order valence-electron chi connectivity index (χ4n) is 3.08. The Hall–Kier alpha value is -2.07. The van der Waals surface area contributed by atoms with Crippen molar-refractivity contribution in [2.45, 2.75) is 29.7 Å². The molecule has 3 rings (SSSR count). The summed E-state index contributed by atoms with van der Waals surface area (Å²) < 4.78 is 34.2. The number of hydrogen-bond acceptors (Lipinski definition) is 6. The molecule has 1 aliphatic heterocycles. The van der Waals surface area contributed by atoms with E-state index in [2.05, 4.69) is 4.72 Å². The third-order valence-corrected chi connectivity index (χ3v) is 7.12. The van der Waals surface area contributed by atoms with Gasteiger partial charge in [-0.3, -0.25) is 10.0 Å². The van der Waals surface area contributed by atoms with Crippen LogP contribution in [0.25, 0.3) is 0 Å². The fraction of sp³-hybridized carbons (Fsp3) is 0.316. The van der Waals surface area contributed by atoms with Crippen LogP contribution in [0.3, 0.4) is 0 Å². The number of sulfonamides is 1. The molecular weight excluding hydrogens is 400 g/mol. The number of rotatable bonds is 7. The maximum absolute atomic E-state index is 12.9. The molecule has 0 unspecified atom stereocenters. The summed E-state index contributed by atoms with van der Waals surface area (Å²) in [5.41, 5.74) is 0.689. The van der Waals surface area contributed by atoms with Crippen LogP contribution in [-0.2, 0) is 14.8 Å². The number of thioether (sulfide) groups is 1. The molecule has 9 heteroatoms. The van der Waals surface area contributed by atoms with Crippen LogP contribution < -0.4 is 14.9 Å². The lowest BCUT2D eigenvalue weighted by Gasteiger charge is -2.36. The van der Waals surface area contributed by atoms with E-state index in [0.29, 0.717) is 24.3 Å². The van der Waals surface area contributed by atoms with Gasteiger partial charge in [0.2, 0.25) is 15.9 Å². The van der Waals surface area contributed by atoms with Gasteiger partial charge in [-0.1, -0.05) is 18.2 Å². The Bertz CT molecular complexity index is 896. The average Bonchev–Trinajstić information content (AvgIpc) is 2.69. The fourth-order valence-corrected chi connectivity index (χ4v) is 5.81. The summed E-state index contributed by atoms with van der Waals surface area (Å²) in [7, 11) is -3.84. The van der Waals surface area contributed by atoms with Gasteiger partial charge in [0.05, 0.1) is 4.90 Å². The summed E-state index contributed by atoms with van der Waals surface area (Å²) in [5, 5.41) is 8.85. The zero-order chi connectivity index (χ0) is 20.0. The Labute approximate surface area is 168 Å². The highest BCUT2D eigenvalue weighted by atomic mass is 32.2. The topological polar surface area (TPSA) is 105 Å². The molecular formula is C19H22N2O5S2. The van der Waals surface area contributed by atoms with Crippen molar-refractivity contribution in [3.05, 3.63) is 54.6 Å². The predicted molar refractivity (Wildman–Crippen MR) is 107 cm³/mol. The van der Waals surface area contributed by atoms with E-state index in [1.807, 2.05) is 30.3 Å². The molecule has 0 aliphatic carbocycles. The SMILES string of the molecule is O=C(CC1(NS(=O)(=O)c2ccc(Oc3ccccc3)cc2)CCSCC1)NO. The van der Waals surface area contributed by atoms with Gasteiger partial charge in [0, 0.05) is 12.0 Å². The zero-order valence-corrected chi connectivity index (χ0v) is 16.8. The van der Waals surface area contributed by atoms with Gasteiger partial charge in [-0.25, -0.2) is 18.6 Å². The summed E-state index contributed by atoms with van der Waals surface area (Å²) in [6.07, 6.45) is 0.914. The lowest BCUT2D eigenvalue weighted by Crippen LogP contribution is -2.53. The number of benzene rings is 2. The van der Waals surface area contributed by atoms with Gasteiger partial charge in [-0.05, 0) is 60.7 Å². The van der Waals surface area contributed by atoms with Gasteiger partial charge in [-0.2, -0.15) is 11.8 Å². The van der Waals surface area contributed by atoms with Gasteiger partial charge in [0.1, 0.15) is 11.5 Å². The van der Waals surface area contributed by atoms with Crippen molar-refractivity contribution in [1.82, 2.24) is 10.2 Å². The second kappa shape index (κ2) is 8.95. The van der Waals surface area contributed by atoms with Crippen LogP contribution in [0, 0.1) is 0 Å². The predicted octanol–water partition coefficient (Wildman–Crippen LogP) is 2.92. The summed E-state index contributed by atoms with van der Waals surface area (Å²) in [5.74, 6) is 2.05. The highest BCUT2D eigenvalue weighted by molar-refractivity contribution is 7.99. The molecule has 0 aromatic heterocycles. The molecule has 0 bridgehead atoms. The van der Waals surface area contributed by atoms with Gasteiger partial charge in [0.25, 0.3) is 0 Å². The first-order valence-corrected chi connectivity index (χ1v) is 11.4. The molecule has 0 atom stereocenters. The highest BCUT2D eigenvalue weighted by Crippen LogP contribution is 2.32. The molecule has 1 saturated heterocycles. The van der Waals surface area contributed by atoms with E-state index in [1.165, 1.54) is 12.1 Å². The first-order valence-electron chi connectivity index (χ1n) is 8.80. The molecule has 0 radical (unpaired) electrons. The molecule has 3 N–H and O–H groups in total. The van der Waals surface area contributed by atoms with Crippen molar-refractivity contribution in [2.75, 3.05) is 11.5 Å². The third kappa shape index (κ3) is 5.26. The molecule has 28 heavy (non-hydrogen) atoms. The van der Waals surface area contributed by atoms with Crippen molar-refractivity contribution in [3.8, 4) is 11.5 Å². The number of nitrogens with one attached hydrogen (secondary N) is 2. The van der Waals surface area contributed by atoms with Crippen LogP contribution in [0.5, 0.6) is 11.5 Å². The van der Waals surface area contributed by atoms with E-state index in [0.717, 1.165) is 11.5 Å². The normalized spacial score (nSPS) is 16.3. The third-order valence-electron chi connectivity index (χ3n) is 4.54. The number of para-hydroxylation sites is 1. The summed E-state index contributed by atoms with van der Waals surface area (Å²) in [6, 6.07) is 15.3. The van der Waals surface area contributed by atoms with Crippen LogP contribution in [0.1, 0.15) is 19.3 Å². The van der Waals surface area contributed by atoms with E-state index in [1.54, 1.807) is 29.4 Å². The highest BCUT2D eigenvalue weighted by Gasteiger charge is 2.38. The molecule has 7 nitrogen and oxygen atoms in total. The van der Waals surface area contributed by atoms with Gasteiger partial charge in [-0.15, -0.1) is 0 Å². The molecule has 0 saturated carbocycles. The Balaban J connectivity index is 1.76. The van der Waals surface area contributed by atoms with Crippen molar-refractivity contribution >= 4 is 27.7 Å². The molecule has 1 fully saturated rings. The lowest BCUT2D eigenvalue weighted by molar-refractivity contribution is -0.130. The second-order valence-electron chi connectivity index (χ2n) is 6.60. The minimum Gasteiger partial charge on any atom is -0.457 e. The standard InChI is InChI=1S/C19H22N2O5S2/c22-18(20-23)14-19(10-12-27-13-11-19)21-28(24,25)17-8-6-16(7-9-17)26-15-4-2-1-3-5-15/h1-9,21,23H,10-14H2,(H,20,22). The van der Waals surface area contributed by atoms with Crippen LogP contribution >= 0.6 is 11.8 Å². The molecule has 150 valence electrons. The molecule has 2 aromatic rings. The van der Waals surface area contributed by atoms with Crippen LogP contribution in [-0.4, -0.2) is 36.6 Å². The van der Waals surface area contributed by atoms with E-state index in [9.17, 15) is 13.2 Å². The Morgan fingerprint density at radius 1 is 1.04 bits per heavy atom. The average molecular weight is 423 g/mol. The summed E-state index contributed by atoms with van der Waals surface area (Å²) in [6.45, 7) is 0.